The molecule has 0 bridgehead atoms. The van der Waals surface area contributed by atoms with E-state index in [-0.39, 0.29) is 18.9 Å². The lowest BCUT2D eigenvalue weighted by molar-refractivity contribution is -0.120. The van der Waals surface area contributed by atoms with Gasteiger partial charge < -0.3 is 0 Å². The Hall–Kier alpha value is -1.96. The molecule has 0 aromatic heterocycles. The second kappa shape index (κ2) is 4.37. The van der Waals surface area contributed by atoms with Gasteiger partial charge >= 0.3 is 16.3 Å². The molecule has 1 aromatic rings. The molecule has 0 aliphatic carbocycles. The highest BCUT2D eigenvalue weighted by atomic mass is 32.3. The highest BCUT2D eigenvalue weighted by Crippen LogP contribution is 2.20. The molecule has 1 N–H and O–H groups in total. The molecule has 2 rings (SSSR count). The van der Waals surface area contributed by atoms with Crippen molar-refractivity contribution in [2.45, 2.75) is 11.3 Å². The maximum atomic E-state index is 12.7. The molecule has 8 heteroatoms. The Morgan fingerprint density at radius 2 is 1.78 bits per heavy atom. The summed E-state index contributed by atoms with van der Waals surface area (Å²) < 4.78 is 33.9. The smallest absolute Gasteiger partial charge is 0.294 e. The fourth-order valence-corrected chi connectivity index (χ4v) is 2.06. The van der Waals surface area contributed by atoms with Crippen LogP contribution in [0.5, 0.6) is 0 Å². The van der Waals surface area contributed by atoms with Crippen LogP contribution in [0.2, 0.25) is 0 Å². The van der Waals surface area contributed by atoms with Crippen molar-refractivity contribution in [1.29, 1.82) is 0 Å². The molecular formula is C10H9FN2O4S. The fourth-order valence-electron chi connectivity index (χ4n) is 1.60. The number of carbonyl (C=O) groups excluding carboxylic acids is 2. The standard InChI is InChI=1S/C10H9FN2O4S/c11-18(16,17)8-3-1-7(2-4-8)13-6-5-9(14)12-10(13)15/h1-4H,5-6H2,(H,12,14,15). The van der Waals surface area contributed by atoms with E-state index >= 15 is 0 Å². The lowest BCUT2D eigenvalue weighted by Crippen LogP contribution is -2.49. The molecule has 1 heterocycles. The number of anilines is 1. The Labute approximate surface area is 103 Å². The number of imide groups is 1. The first-order chi connectivity index (χ1) is 8.38. The summed E-state index contributed by atoms with van der Waals surface area (Å²) in [6, 6.07) is 4.16. The summed E-state index contributed by atoms with van der Waals surface area (Å²) in [7, 11) is -4.75. The van der Waals surface area contributed by atoms with Crippen LogP contribution in [0.4, 0.5) is 14.4 Å². The van der Waals surface area contributed by atoms with Crippen molar-refractivity contribution in [3.63, 3.8) is 0 Å². The van der Waals surface area contributed by atoms with Gasteiger partial charge in [0, 0.05) is 18.7 Å². The van der Waals surface area contributed by atoms with Crippen LogP contribution < -0.4 is 10.2 Å². The molecule has 0 spiro atoms. The summed E-state index contributed by atoms with van der Waals surface area (Å²) in [6.45, 7) is 0.201. The van der Waals surface area contributed by atoms with Gasteiger partial charge in [-0.2, -0.15) is 8.42 Å². The molecular weight excluding hydrogens is 263 g/mol. The number of carbonyl (C=O) groups is 2. The number of hydrogen-bond acceptors (Lipinski definition) is 4. The minimum absolute atomic E-state index is 0.162. The third-order valence-corrected chi connectivity index (χ3v) is 3.32. The van der Waals surface area contributed by atoms with Crippen molar-refractivity contribution in [2.75, 3.05) is 11.4 Å². The van der Waals surface area contributed by atoms with Crippen LogP contribution in [0.3, 0.4) is 0 Å². The molecule has 1 saturated heterocycles. The molecule has 6 nitrogen and oxygen atoms in total. The average molecular weight is 272 g/mol. The molecule has 1 aromatic carbocycles. The molecule has 0 unspecified atom stereocenters. The average Bonchev–Trinajstić information content (AvgIpc) is 2.28. The van der Waals surface area contributed by atoms with Crippen molar-refractivity contribution in [1.82, 2.24) is 5.32 Å². The van der Waals surface area contributed by atoms with Crippen LogP contribution in [0, 0.1) is 0 Å². The van der Waals surface area contributed by atoms with Crippen molar-refractivity contribution in [2.24, 2.45) is 0 Å². The Morgan fingerprint density at radius 1 is 1.17 bits per heavy atom. The number of nitrogens with zero attached hydrogens (tertiary/aromatic N) is 1. The first-order valence-electron chi connectivity index (χ1n) is 5.04. The number of amides is 3. The van der Waals surface area contributed by atoms with Crippen molar-refractivity contribution < 1.29 is 21.9 Å². The number of benzene rings is 1. The van der Waals surface area contributed by atoms with Gasteiger partial charge in [-0.3, -0.25) is 15.0 Å². The number of nitrogens with one attached hydrogen (secondary N) is 1. The zero-order chi connectivity index (χ0) is 13.3. The van der Waals surface area contributed by atoms with Gasteiger partial charge in [-0.25, -0.2) is 4.79 Å². The fraction of sp³-hybridized carbons (Fsp3) is 0.200. The van der Waals surface area contributed by atoms with Gasteiger partial charge in [0.15, 0.2) is 0 Å². The lowest BCUT2D eigenvalue weighted by Gasteiger charge is -2.26. The predicted octanol–water partition coefficient (Wildman–Crippen LogP) is 0.791. The van der Waals surface area contributed by atoms with Gasteiger partial charge in [-0.05, 0) is 24.3 Å². The van der Waals surface area contributed by atoms with Gasteiger partial charge in [0.05, 0.1) is 4.90 Å². The van der Waals surface area contributed by atoms with Crippen LogP contribution in [0.1, 0.15) is 6.42 Å². The van der Waals surface area contributed by atoms with E-state index in [1.54, 1.807) is 0 Å². The Balaban J connectivity index is 2.25. The van der Waals surface area contributed by atoms with E-state index in [9.17, 15) is 21.9 Å². The predicted molar refractivity (Wildman–Crippen MR) is 60.2 cm³/mol. The maximum Gasteiger partial charge on any atom is 0.332 e. The summed E-state index contributed by atoms with van der Waals surface area (Å²) in [5.41, 5.74) is 0.396. The Morgan fingerprint density at radius 3 is 2.28 bits per heavy atom. The Bertz CT molecular complexity index is 597. The van der Waals surface area contributed by atoms with Gasteiger partial charge in [0.25, 0.3) is 0 Å². The van der Waals surface area contributed by atoms with Crippen molar-refractivity contribution in [3.8, 4) is 0 Å². The monoisotopic (exact) mass is 272 g/mol. The molecule has 1 aliphatic heterocycles. The van der Waals surface area contributed by atoms with Gasteiger partial charge in [0.2, 0.25) is 5.91 Å². The number of halogens is 1. The van der Waals surface area contributed by atoms with Gasteiger partial charge in [0.1, 0.15) is 0 Å². The van der Waals surface area contributed by atoms with Crippen molar-refractivity contribution >= 4 is 27.8 Å². The van der Waals surface area contributed by atoms with Crippen LogP contribution in [0.15, 0.2) is 29.2 Å². The third-order valence-electron chi connectivity index (χ3n) is 2.48. The molecule has 0 saturated carbocycles. The summed E-state index contributed by atoms with van der Waals surface area (Å²) in [4.78, 5) is 23.2. The maximum absolute atomic E-state index is 12.7. The largest absolute Gasteiger partial charge is 0.332 e. The number of hydrogen-bond donors (Lipinski definition) is 1. The SMILES string of the molecule is O=C1CCN(c2ccc(S(=O)(=O)F)cc2)C(=O)N1. The number of urea groups is 1. The highest BCUT2D eigenvalue weighted by molar-refractivity contribution is 7.86. The zero-order valence-electron chi connectivity index (χ0n) is 9.09. The molecule has 1 aliphatic rings. The summed E-state index contributed by atoms with van der Waals surface area (Å²) in [5, 5.41) is 2.13. The van der Waals surface area contributed by atoms with Crippen LogP contribution in [-0.4, -0.2) is 26.9 Å². The summed E-state index contributed by atoms with van der Waals surface area (Å²) in [5.74, 6) is -0.362. The quantitative estimate of drug-likeness (QED) is 0.807. The molecule has 0 atom stereocenters. The van der Waals surface area contributed by atoms with E-state index in [0.717, 1.165) is 12.1 Å². The van der Waals surface area contributed by atoms with E-state index in [0.29, 0.717) is 5.69 Å². The minimum atomic E-state index is -4.75. The van der Waals surface area contributed by atoms with Crippen LogP contribution >= 0.6 is 0 Å². The second-order valence-electron chi connectivity index (χ2n) is 3.69. The van der Waals surface area contributed by atoms with E-state index in [1.165, 1.54) is 17.0 Å². The van der Waals surface area contributed by atoms with Crippen molar-refractivity contribution in [3.05, 3.63) is 24.3 Å². The summed E-state index contributed by atoms with van der Waals surface area (Å²) >= 11 is 0. The lowest BCUT2D eigenvalue weighted by atomic mass is 10.2. The number of rotatable bonds is 2. The normalized spacial score (nSPS) is 16.6. The first-order valence-corrected chi connectivity index (χ1v) is 6.42. The van der Waals surface area contributed by atoms with E-state index in [2.05, 4.69) is 5.32 Å². The molecule has 0 radical (unpaired) electrons. The van der Waals surface area contributed by atoms with Crippen LogP contribution in [-0.2, 0) is 15.0 Å². The Kier molecular flexibility index (Phi) is 3.04. The van der Waals surface area contributed by atoms with Gasteiger partial charge in [-0.1, -0.05) is 0 Å². The van der Waals surface area contributed by atoms with Crippen LogP contribution in [0.25, 0.3) is 0 Å². The zero-order valence-corrected chi connectivity index (χ0v) is 9.91. The van der Waals surface area contributed by atoms with E-state index in [1.807, 2.05) is 0 Å². The second-order valence-corrected chi connectivity index (χ2v) is 5.03. The van der Waals surface area contributed by atoms with E-state index < -0.39 is 21.1 Å². The molecule has 3 amide bonds. The minimum Gasteiger partial charge on any atom is -0.294 e. The van der Waals surface area contributed by atoms with E-state index in [4.69, 9.17) is 0 Å². The third kappa shape index (κ3) is 2.48. The first kappa shape index (κ1) is 12.5. The topological polar surface area (TPSA) is 83.6 Å². The summed E-state index contributed by atoms with van der Waals surface area (Å²) in [6.07, 6.45) is 0.162. The van der Waals surface area contributed by atoms with Gasteiger partial charge in [-0.15, -0.1) is 3.89 Å². The molecule has 1 fully saturated rings. The highest BCUT2D eigenvalue weighted by Gasteiger charge is 2.24. The molecule has 96 valence electrons. The molecule has 18 heavy (non-hydrogen) atoms.